The van der Waals surface area contributed by atoms with Crippen molar-refractivity contribution in [2.45, 2.75) is 4.90 Å². The summed E-state index contributed by atoms with van der Waals surface area (Å²) in [6, 6.07) is 5.21. The van der Waals surface area contributed by atoms with E-state index in [2.05, 4.69) is 5.32 Å². The summed E-state index contributed by atoms with van der Waals surface area (Å²) in [6.07, 6.45) is 0. The number of hydrogen-bond donors (Lipinski definition) is 1. The molecule has 0 saturated carbocycles. The predicted octanol–water partition coefficient (Wildman–Crippen LogP) is 1.69. The molecule has 1 saturated heterocycles. The van der Waals surface area contributed by atoms with Gasteiger partial charge in [-0.3, -0.25) is 14.9 Å². The van der Waals surface area contributed by atoms with Crippen LogP contribution in [-0.2, 0) is 24.3 Å². The Hall–Kier alpha value is -3.49. The van der Waals surface area contributed by atoms with Crippen LogP contribution in [0.3, 0.4) is 0 Å². The highest BCUT2D eigenvalue weighted by molar-refractivity contribution is 7.89. The van der Waals surface area contributed by atoms with Gasteiger partial charge < -0.3 is 14.8 Å². The van der Waals surface area contributed by atoms with Crippen LogP contribution in [0.15, 0.2) is 41.3 Å². The molecule has 1 fully saturated rings. The van der Waals surface area contributed by atoms with Crippen LogP contribution in [0.25, 0.3) is 0 Å². The number of carbonyl (C=O) groups is 2. The summed E-state index contributed by atoms with van der Waals surface area (Å²) in [5, 5.41) is 12.9. The first-order valence-electron chi connectivity index (χ1n) is 9.38. The molecule has 33 heavy (non-hydrogen) atoms. The van der Waals surface area contributed by atoms with Crippen LogP contribution in [0.5, 0.6) is 0 Å². The smallest absolute Gasteiger partial charge is 0.341 e. The lowest BCUT2D eigenvalue weighted by Gasteiger charge is -2.26. The molecule has 2 aromatic rings. The fourth-order valence-corrected chi connectivity index (χ4v) is 4.33. The molecule has 0 radical (unpaired) electrons. The quantitative estimate of drug-likeness (QED) is 0.354. The molecule has 14 heteroatoms. The lowest BCUT2D eigenvalue weighted by molar-refractivity contribution is -0.387. The number of nitrogens with one attached hydrogen (secondary N) is 1. The molecule has 2 aromatic carbocycles. The maximum atomic E-state index is 14.2. The van der Waals surface area contributed by atoms with Gasteiger partial charge in [0.15, 0.2) is 6.61 Å². The van der Waals surface area contributed by atoms with Crippen molar-refractivity contribution in [3.63, 3.8) is 0 Å². The number of sulfonamides is 1. The van der Waals surface area contributed by atoms with E-state index in [0.29, 0.717) is 0 Å². The lowest BCUT2D eigenvalue weighted by Crippen LogP contribution is -2.40. The number of amides is 1. The number of ether oxygens (including phenoxy) is 2. The maximum Gasteiger partial charge on any atom is 0.341 e. The summed E-state index contributed by atoms with van der Waals surface area (Å²) in [5.41, 5.74) is -1.70. The van der Waals surface area contributed by atoms with Gasteiger partial charge in [-0.05, 0) is 30.3 Å². The zero-order chi connectivity index (χ0) is 24.2. The summed E-state index contributed by atoms with van der Waals surface area (Å²) in [6.45, 7) is -0.324. The first-order chi connectivity index (χ1) is 15.6. The van der Waals surface area contributed by atoms with Crippen LogP contribution in [0.4, 0.5) is 20.2 Å². The van der Waals surface area contributed by atoms with Crippen molar-refractivity contribution in [1.82, 2.24) is 4.31 Å². The molecule has 1 amide bonds. The molecule has 0 atom stereocenters. The van der Waals surface area contributed by atoms with Gasteiger partial charge in [-0.15, -0.1) is 0 Å². The third-order valence-corrected chi connectivity index (χ3v) is 6.42. The number of anilines is 1. The topological polar surface area (TPSA) is 145 Å². The molecular weight excluding hydrogens is 468 g/mol. The Morgan fingerprint density at radius 1 is 1.12 bits per heavy atom. The molecule has 1 aliphatic rings. The SMILES string of the molecule is O=C(COC(=O)c1cc(S(=O)(=O)N2CCOCC2)ccc1F)Nc1ccc(F)c([N+](=O)[O-])c1. The highest BCUT2D eigenvalue weighted by atomic mass is 32.2. The second-order valence-corrected chi connectivity index (χ2v) is 8.64. The van der Waals surface area contributed by atoms with E-state index in [9.17, 15) is 36.9 Å². The Morgan fingerprint density at radius 3 is 2.45 bits per heavy atom. The fraction of sp³-hybridized carbons (Fsp3) is 0.263. The van der Waals surface area contributed by atoms with E-state index in [1.54, 1.807) is 0 Å². The molecule has 3 rings (SSSR count). The minimum absolute atomic E-state index is 0.0984. The highest BCUT2D eigenvalue weighted by Crippen LogP contribution is 2.22. The minimum Gasteiger partial charge on any atom is -0.452 e. The molecule has 0 aliphatic carbocycles. The number of benzene rings is 2. The number of hydrogen-bond acceptors (Lipinski definition) is 8. The molecule has 1 aliphatic heterocycles. The van der Waals surface area contributed by atoms with Crippen LogP contribution < -0.4 is 5.32 Å². The first-order valence-corrected chi connectivity index (χ1v) is 10.8. The van der Waals surface area contributed by atoms with E-state index < -0.39 is 56.3 Å². The summed E-state index contributed by atoms with van der Waals surface area (Å²) >= 11 is 0. The number of nitro benzene ring substituents is 1. The Labute approximate surface area is 186 Å². The first kappa shape index (κ1) is 24.2. The normalized spacial score (nSPS) is 14.5. The van der Waals surface area contributed by atoms with Gasteiger partial charge in [-0.25, -0.2) is 17.6 Å². The maximum absolute atomic E-state index is 14.2. The Balaban J connectivity index is 1.68. The largest absolute Gasteiger partial charge is 0.452 e. The molecule has 1 N–H and O–H groups in total. The summed E-state index contributed by atoms with van der Waals surface area (Å²) in [5.74, 6) is -4.41. The average Bonchev–Trinajstić information content (AvgIpc) is 2.79. The summed E-state index contributed by atoms with van der Waals surface area (Å²) in [4.78, 5) is 33.7. The molecule has 0 aromatic heterocycles. The van der Waals surface area contributed by atoms with Crippen molar-refractivity contribution in [2.24, 2.45) is 0 Å². The average molecular weight is 485 g/mol. The number of rotatable bonds is 7. The van der Waals surface area contributed by atoms with E-state index in [1.165, 1.54) is 0 Å². The zero-order valence-electron chi connectivity index (χ0n) is 16.8. The van der Waals surface area contributed by atoms with E-state index in [1.807, 2.05) is 0 Å². The van der Waals surface area contributed by atoms with E-state index in [0.717, 1.165) is 40.7 Å². The van der Waals surface area contributed by atoms with Gasteiger partial charge >= 0.3 is 11.7 Å². The van der Waals surface area contributed by atoms with Crippen LogP contribution >= 0.6 is 0 Å². The molecule has 0 spiro atoms. The number of nitro groups is 1. The van der Waals surface area contributed by atoms with Crippen molar-refractivity contribution in [3.05, 3.63) is 63.7 Å². The van der Waals surface area contributed by atoms with Crippen LogP contribution in [0.1, 0.15) is 10.4 Å². The standard InChI is InChI=1S/C19H17F2N3O8S/c20-15-4-2-13(33(29,30)23-5-7-31-8-6-23)10-14(15)19(26)32-11-18(25)22-12-1-3-16(21)17(9-12)24(27)28/h1-4,9-10H,5-8,11H2,(H,22,25). The van der Waals surface area contributed by atoms with Crippen LogP contribution in [0, 0.1) is 21.7 Å². The second kappa shape index (κ2) is 9.97. The van der Waals surface area contributed by atoms with Crippen molar-refractivity contribution >= 4 is 33.3 Å². The van der Waals surface area contributed by atoms with Gasteiger partial charge in [-0.2, -0.15) is 8.70 Å². The third-order valence-electron chi connectivity index (χ3n) is 4.53. The lowest BCUT2D eigenvalue weighted by atomic mass is 10.2. The van der Waals surface area contributed by atoms with E-state index >= 15 is 0 Å². The third kappa shape index (κ3) is 5.66. The van der Waals surface area contributed by atoms with Crippen molar-refractivity contribution in [2.75, 3.05) is 38.2 Å². The van der Waals surface area contributed by atoms with Gasteiger partial charge in [0.05, 0.1) is 28.6 Å². The second-order valence-electron chi connectivity index (χ2n) is 6.71. The summed E-state index contributed by atoms with van der Waals surface area (Å²) in [7, 11) is -4.01. The highest BCUT2D eigenvalue weighted by Gasteiger charge is 2.28. The van der Waals surface area contributed by atoms with E-state index in [-0.39, 0.29) is 36.9 Å². The molecule has 1 heterocycles. The monoisotopic (exact) mass is 485 g/mol. The van der Waals surface area contributed by atoms with Gasteiger partial charge in [-0.1, -0.05) is 0 Å². The molecule has 11 nitrogen and oxygen atoms in total. The van der Waals surface area contributed by atoms with Gasteiger partial charge in [0.1, 0.15) is 5.82 Å². The predicted molar refractivity (Wildman–Crippen MR) is 108 cm³/mol. The number of morpholine rings is 1. The van der Waals surface area contributed by atoms with Crippen LogP contribution in [-0.4, -0.2) is 62.4 Å². The van der Waals surface area contributed by atoms with Gasteiger partial charge in [0.25, 0.3) is 5.91 Å². The number of halogens is 2. The van der Waals surface area contributed by atoms with Crippen molar-refractivity contribution in [3.8, 4) is 0 Å². The Morgan fingerprint density at radius 2 is 1.79 bits per heavy atom. The van der Waals surface area contributed by atoms with Gasteiger partial charge in [0.2, 0.25) is 15.8 Å². The fourth-order valence-electron chi connectivity index (χ4n) is 2.89. The Kier molecular flexibility index (Phi) is 7.30. The molecular formula is C19H17F2N3O8S. The van der Waals surface area contributed by atoms with E-state index in [4.69, 9.17) is 9.47 Å². The minimum atomic E-state index is -4.01. The zero-order valence-corrected chi connectivity index (χ0v) is 17.6. The van der Waals surface area contributed by atoms with Crippen molar-refractivity contribution in [1.29, 1.82) is 0 Å². The number of nitrogens with zero attached hydrogens (tertiary/aromatic N) is 2. The Bertz CT molecular complexity index is 1200. The van der Waals surface area contributed by atoms with Crippen LogP contribution in [0.2, 0.25) is 0 Å². The molecule has 0 bridgehead atoms. The molecule has 0 unspecified atom stereocenters. The van der Waals surface area contributed by atoms with Crippen molar-refractivity contribution < 1.29 is 41.2 Å². The van der Waals surface area contributed by atoms with Gasteiger partial charge in [0, 0.05) is 24.8 Å². The number of esters is 1. The summed E-state index contributed by atoms with van der Waals surface area (Å²) < 4.78 is 63.9. The molecule has 176 valence electrons. The number of carbonyl (C=O) groups excluding carboxylic acids is 2.